The highest BCUT2D eigenvalue weighted by molar-refractivity contribution is 5.94. The summed E-state index contributed by atoms with van der Waals surface area (Å²) in [5.74, 6) is -0.555. The number of rotatable bonds is 2. The molecule has 0 saturated carbocycles. The van der Waals surface area contributed by atoms with Gasteiger partial charge in [0.1, 0.15) is 5.82 Å². The minimum Gasteiger partial charge on any atom is -0.349 e. The summed E-state index contributed by atoms with van der Waals surface area (Å²) in [7, 11) is 2.07. The van der Waals surface area contributed by atoms with Gasteiger partial charge in [0.05, 0.1) is 0 Å². The third-order valence-corrected chi connectivity index (χ3v) is 3.14. The molecule has 0 aromatic heterocycles. The van der Waals surface area contributed by atoms with Crippen molar-refractivity contribution >= 4 is 5.91 Å². The number of amides is 1. The zero-order valence-electron chi connectivity index (χ0n) is 11.9. The molecule has 1 fully saturated rings. The van der Waals surface area contributed by atoms with Gasteiger partial charge in [0, 0.05) is 11.6 Å². The highest BCUT2D eigenvalue weighted by atomic mass is 19.1. The largest absolute Gasteiger partial charge is 0.349 e. The Labute approximate surface area is 114 Å². The number of carbonyl (C=O) groups is 1. The van der Waals surface area contributed by atoms with E-state index in [-0.39, 0.29) is 17.8 Å². The molecule has 1 aromatic carbocycles. The Balaban J connectivity index is 0.000000861. The fourth-order valence-corrected chi connectivity index (χ4v) is 2.05. The van der Waals surface area contributed by atoms with E-state index in [1.54, 1.807) is 12.1 Å². The van der Waals surface area contributed by atoms with Crippen LogP contribution in [0.15, 0.2) is 24.3 Å². The van der Waals surface area contributed by atoms with Crippen molar-refractivity contribution < 1.29 is 9.18 Å². The minimum atomic E-state index is -0.374. The zero-order chi connectivity index (χ0) is 14.3. The molecule has 4 heteroatoms. The second-order valence-corrected chi connectivity index (χ2v) is 4.56. The van der Waals surface area contributed by atoms with E-state index in [1.165, 1.54) is 12.1 Å². The van der Waals surface area contributed by atoms with Crippen molar-refractivity contribution in [2.24, 2.45) is 0 Å². The third kappa shape index (κ3) is 4.99. The molecule has 0 spiro atoms. The van der Waals surface area contributed by atoms with E-state index >= 15 is 0 Å². The second kappa shape index (κ2) is 7.89. The van der Waals surface area contributed by atoms with E-state index in [9.17, 15) is 9.18 Å². The molecule has 0 radical (unpaired) electrons. The van der Waals surface area contributed by atoms with Crippen LogP contribution in [0.1, 0.15) is 37.0 Å². The average molecular weight is 266 g/mol. The first-order valence-corrected chi connectivity index (χ1v) is 6.90. The van der Waals surface area contributed by atoms with Crippen molar-refractivity contribution in [1.29, 1.82) is 0 Å². The summed E-state index contributed by atoms with van der Waals surface area (Å²) >= 11 is 0. The first-order valence-electron chi connectivity index (χ1n) is 6.90. The van der Waals surface area contributed by atoms with Crippen molar-refractivity contribution in [2.75, 3.05) is 20.1 Å². The van der Waals surface area contributed by atoms with Crippen LogP contribution in [0.25, 0.3) is 0 Å². The molecular weight excluding hydrogens is 243 g/mol. The van der Waals surface area contributed by atoms with E-state index in [0.717, 1.165) is 25.9 Å². The molecule has 3 nitrogen and oxygen atoms in total. The van der Waals surface area contributed by atoms with Crippen molar-refractivity contribution in [3.05, 3.63) is 35.6 Å². The van der Waals surface area contributed by atoms with Crippen LogP contribution in [0.3, 0.4) is 0 Å². The predicted octanol–water partition coefficient (Wildman–Crippen LogP) is 2.68. The maximum atomic E-state index is 13.0. The fourth-order valence-electron chi connectivity index (χ4n) is 2.05. The minimum absolute atomic E-state index is 0.181. The number of benzene rings is 1. The van der Waals surface area contributed by atoms with Crippen LogP contribution in [0.5, 0.6) is 0 Å². The van der Waals surface area contributed by atoms with E-state index in [2.05, 4.69) is 17.3 Å². The number of hydrogen-bond acceptors (Lipinski definition) is 2. The highest BCUT2D eigenvalue weighted by Crippen LogP contribution is 2.10. The lowest BCUT2D eigenvalue weighted by Gasteiger charge is -2.29. The van der Waals surface area contributed by atoms with Crippen LogP contribution < -0.4 is 5.32 Å². The van der Waals surface area contributed by atoms with Gasteiger partial charge in [-0.25, -0.2) is 4.39 Å². The fraction of sp³-hybridized carbons (Fsp3) is 0.533. The Kier molecular flexibility index (Phi) is 6.50. The molecule has 1 aliphatic heterocycles. The first kappa shape index (κ1) is 15.6. The zero-order valence-corrected chi connectivity index (χ0v) is 11.9. The highest BCUT2D eigenvalue weighted by Gasteiger charge is 2.19. The molecule has 19 heavy (non-hydrogen) atoms. The maximum absolute atomic E-state index is 13.0. The number of hydrogen-bond donors (Lipinski definition) is 1. The number of likely N-dealkylation sites (tertiary alicyclic amines) is 1. The number of carbonyl (C=O) groups excluding carboxylic acids is 1. The van der Waals surface area contributed by atoms with E-state index in [4.69, 9.17) is 0 Å². The van der Waals surface area contributed by atoms with Crippen LogP contribution in [-0.4, -0.2) is 37.0 Å². The normalized spacial score (nSPS) is 16.4. The van der Waals surface area contributed by atoms with Gasteiger partial charge in [0.2, 0.25) is 0 Å². The third-order valence-electron chi connectivity index (χ3n) is 3.14. The molecule has 0 unspecified atom stereocenters. The summed E-state index contributed by atoms with van der Waals surface area (Å²) in [5.41, 5.74) is 0.393. The Morgan fingerprint density at radius 2 is 1.95 bits per heavy atom. The van der Waals surface area contributed by atoms with Gasteiger partial charge in [-0.3, -0.25) is 4.79 Å². The van der Waals surface area contributed by atoms with Crippen LogP contribution in [0, 0.1) is 5.82 Å². The average Bonchev–Trinajstić information content (AvgIpc) is 2.43. The Bertz CT molecular complexity index is 401. The number of nitrogens with one attached hydrogen (secondary N) is 1. The lowest BCUT2D eigenvalue weighted by molar-refractivity contribution is 0.0916. The van der Waals surface area contributed by atoms with Gasteiger partial charge in [0.15, 0.2) is 0 Å². The van der Waals surface area contributed by atoms with Gasteiger partial charge >= 0.3 is 0 Å². The maximum Gasteiger partial charge on any atom is 0.251 e. The smallest absolute Gasteiger partial charge is 0.251 e. The van der Waals surface area contributed by atoms with Gasteiger partial charge in [-0.15, -0.1) is 0 Å². The van der Waals surface area contributed by atoms with E-state index in [0.29, 0.717) is 5.56 Å². The topological polar surface area (TPSA) is 32.3 Å². The summed E-state index contributed by atoms with van der Waals surface area (Å²) < 4.78 is 13.0. The van der Waals surface area contributed by atoms with Gasteiger partial charge < -0.3 is 10.2 Å². The van der Waals surface area contributed by atoms with Gasteiger partial charge in [0.25, 0.3) is 5.91 Å². The Hall–Kier alpha value is -1.42. The van der Waals surface area contributed by atoms with Gasteiger partial charge in [-0.1, -0.05) is 19.9 Å². The van der Waals surface area contributed by atoms with Crippen molar-refractivity contribution in [2.45, 2.75) is 32.7 Å². The van der Waals surface area contributed by atoms with Crippen LogP contribution in [0.4, 0.5) is 4.39 Å². The van der Waals surface area contributed by atoms with Crippen LogP contribution >= 0.6 is 0 Å². The molecule has 1 aliphatic rings. The van der Waals surface area contributed by atoms with Crippen molar-refractivity contribution in [3.63, 3.8) is 0 Å². The molecule has 1 saturated heterocycles. The standard InChI is InChI=1S/C13H17FN2O.C2H6/c1-16-7-5-12(6-8-16)15-13(17)10-3-2-4-11(14)9-10;1-2/h2-4,9,12H,5-8H2,1H3,(H,15,17);1-2H3. The Morgan fingerprint density at radius 1 is 1.32 bits per heavy atom. The van der Waals surface area contributed by atoms with Crippen molar-refractivity contribution in [1.82, 2.24) is 10.2 Å². The van der Waals surface area contributed by atoms with Crippen molar-refractivity contribution in [3.8, 4) is 0 Å². The van der Waals surface area contributed by atoms with Crippen LogP contribution in [0.2, 0.25) is 0 Å². The molecule has 0 aliphatic carbocycles. The summed E-state index contributed by atoms with van der Waals surface area (Å²) in [6.45, 7) is 5.99. The van der Waals surface area contributed by atoms with E-state index in [1.807, 2.05) is 13.8 Å². The second-order valence-electron chi connectivity index (χ2n) is 4.56. The number of halogens is 1. The monoisotopic (exact) mass is 266 g/mol. The van der Waals surface area contributed by atoms with Gasteiger partial charge in [-0.2, -0.15) is 0 Å². The molecule has 0 bridgehead atoms. The number of nitrogens with zero attached hydrogens (tertiary/aromatic N) is 1. The molecule has 1 heterocycles. The molecule has 1 aromatic rings. The molecule has 2 rings (SSSR count). The Morgan fingerprint density at radius 3 is 2.53 bits per heavy atom. The lowest BCUT2D eigenvalue weighted by atomic mass is 10.0. The summed E-state index contributed by atoms with van der Waals surface area (Å²) in [6.07, 6.45) is 1.91. The molecule has 1 N–H and O–H groups in total. The summed E-state index contributed by atoms with van der Waals surface area (Å²) in [6, 6.07) is 6.00. The SMILES string of the molecule is CC.CN1CCC(NC(=O)c2cccc(F)c2)CC1. The molecular formula is C15H23FN2O. The number of piperidine rings is 1. The molecule has 106 valence electrons. The molecule has 0 atom stereocenters. The van der Waals surface area contributed by atoms with E-state index < -0.39 is 0 Å². The van der Waals surface area contributed by atoms with Gasteiger partial charge in [-0.05, 0) is 51.2 Å². The lowest BCUT2D eigenvalue weighted by Crippen LogP contribution is -2.43. The first-order chi connectivity index (χ1) is 9.15. The molecule has 1 amide bonds. The predicted molar refractivity (Wildman–Crippen MR) is 75.7 cm³/mol. The van der Waals surface area contributed by atoms with Crippen LogP contribution in [-0.2, 0) is 0 Å². The summed E-state index contributed by atoms with van der Waals surface area (Å²) in [4.78, 5) is 14.1. The quantitative estimate of drug-likeness (QED) is 0.892. The summed E-state index contributed by atoms with van der Waals surface area (Å²) in [5, 5.41) is 2.95.